The van der Waals surface area contributed by atoms with Crippen LogP contribution in [0.5, 0.6) is 0 Å². The Bertz CT molecular complexity index is 475. The topological polar surface area (TPSA) is 55.2 Å². The summed E-state index contributed by atoms with van der Waals surface area (Å²) in [7, 11) is 0. The number of rotatable bonds is 4. The van der Waals surface area contributed by atoms with Gasteiger partial charge in [0.25, 0.3) is 5.69 Å². The molecule has 0 spiro atoms. The summed E-state index contributed by atoms with van der Waals surface area (Å²) in [5.41, 5.74) is 1.88. The van der Waals surface area contributed by atoms with Crippen molar-refractivity contribution in [1.82, 2.24) is 5.32 Å². The first-order valence-electron chi connectivity index (χ1n) is 6.24. The first kappa shape index (κ1) is 12.8. The molecule has 96 valence electrons. The lowest BCUT2D eigenvalue weighted by Gasteiger charge is -2.19. The van der Waals surface area contributed by atoms with Crippen LogP contribution in [0.3, 0.4) is 0 Å². The van der Waals surface area contributed by atoms with Crippen LogP contribution in [0.15, 0.2) is 30.4 Å². The van der Waals surface area contributed by atoms with Gasteiger partial charge in [-0.3, -0.25) is 10.1 Å². The van der Waals surface area contributed by atoms with Gasteiger partial charge in [0.05, 0.1) is 4.92 Å². The Labute approximate surface area is 107 Å². The highest BCUT2D eigenvalue weighted by Gasteiger charge is 2.17. The molecule has 0 saturated carbocycles. The van der Waals surface area contributed by atoms with Crippen molar-refractivity contribution >= 4 is 5.69 Å². The third-order valence-corrected chi connectivity index (χ3v) is 3.42. The molecule has 1 aliphatic carbocycles. The number of aryl methyl sites for hydroxylation is 1. The minimum atomic E-state index is -0.317. The molecule has 0 fully saturated rings. The van der Waals surface area contributed by atoms with Crippen LogP contribution in [-0.2, 0) is 0 Å². The number of nitro benzene ring substituents is 1. The highest BCUT2D eigenvalue weighted by Crippen LogP contribution is 2.24. The van der Waals surface area contributed by atoms with E-state index in [1.807, 2.05) is 19.1 Å². The van der Waals surface area contributed by atoms with Gasteiger partial charge in [-0.15, -0.1) is 0 Å². The van der Waals surface area contributed by atoms with E-state index in [1.54, 1.807) is 13.0 Å². The fourth-order valence-corrected chi connectivity index (χ4v) is 2.30. The smallest absolute Gasteiger partial charge is 0.272 e. The molecule has 1 N–H and O–H groups in total. The number of nitro groups is 1. The molecule has 0 radical (unpaired) electrons. The van der Waals surface area contributed by atoms with E-state index in [2.05, 4.69) is 17.5 Å². The lowest BCUT2D eigenvalue weighted by molar-refractivity contribution is -0.385. The minimum Gasteiger partial charge on any atom is -0.307 e. The number of nitrogens with one attached hydrogen (secondary N) is 1. The monoisotopic (exact) mass is 246 g/mol. The van der Waals surface area contributed by atoms with Crippen molar-refractivity contribution in [2.75, 3.05) is 0 Å². The van der Waals surface area contributed by atoms with Crippen LogP contribution in [0.1, 0.15) is 36.9 Å². The lowest BCUT2D eigenvalue weighted by Crippen LogP contribution is -2.29. The maximum absolute atomic E-state index is 10.9. The molecule has 0 amide bonds. The molecule has 0 aromatic heterocycles. The molecule has 1 aromatic carbocycles. The van der Waals surface area contributed by atoms with E-state index in [0.29, 0.717) is 11.6 Å². The van der Waals surface area contributed by atoms with E-state index in [0.717, 1.165) is 18.4 Å². The molecular weight excluding hydrogens is 228 g/mol. The van der Waals surface area contributed by atoms with Crippen LogP contribution in [0.2, 0.25) is 0 Å². The summed E-state index contributed by atoms with van der Waals surface area (Å²) in [6.45, 7) is 3.81. The maximum Gasteiger partial charge on any atom is 0.272 e. The normalized spacial score (nSPS) is 17.0. The van der Waals surface area contributed by atoms with Gasteiger partial charge >= 0.3 is 0 Å². The summed E-state index contributed by atoms with van der Waals surface area (Å²) >= 11 is 0. The third kappa shape index (κ3) is 2.76. The maximum atomic E-state index is 10.9. The highest BCUT2D eigenvalue weighted by molar-refractivity contribution is 5.43. The van der Waals surface area contributed by atoms with Crippen LogP contribution in [0.4, 0.5) is 5.69 Å². The molecule has 0 bridgehead atoms. The molecule has 1 aromatic rings. The van der Waals surface area contributed by atoms with Gasteiger partial charge in [0, 0.05) is 23.7 Å². The highest BCUT2D eigenvalue weighted by atomic mass is 16.6. The van der Waals surface area contributed by atoms with Crippen molar-refractivity contribution in [2.24, 2.45) is 0 Å². The largest absolute Gasteiger partial charge is 0.307 e. The quantitative estimate of drug-likeness (QED) is 0.504. The van der Waals surface area contributed by atoms with Gasteiger partial charge in [-0.25, -0.2) is 0 Å². The van der Waals surface area contributed by atoms with E-state index in [9.17, 15) is 10.1 Å². The zero-order valence-electron chi connectivity index (χ0n) is 10.7. The van der Waals surface area contributed by atoms with Crippen LogP contribution in [0.25, 0.3) is 0 Å². The van der Waals surface area contributed by atoms with E-state index < -0.39 is 0 Å². The van der Waals surface area contributed by atoms with Crippen molar-refractivity contribution in [3.63, 3.8) is 0 Å². The molecule has 4 heteroatoms. The third-order valence-electron chi connectivity index (χ3n) is 3.42. The van der Waals surface area contributed by atoms with Gasteiger partial charge in [0.1, 0.15) is 0 Å². The Morgan fingerprint density at radius 2 is 2.06 bits per heavy atom. The zero-order chi connectivity index (χ0) is 13.1. The van der Waals surface area contributed by atoms with Gasteiger partial charge in [0.15, 0.2) is 0 Å². The van der Waals surface area contributed by atoms with Crippen molar-refractivity contribution in [3.8, 4) is 0 Å². The molecule has 2 rings (SSSR count). The molecule has 0 heterocycles. The number of hydrogen-bond acceptors (Lipinski definition) is 3. The second-order valence-corrected chi connectivity index (χ2v) is 4.83. The van der Waals surface area contributed by atoms with Crippen LogP contribution in [0, 0.1) is 17.0 Å². The van der Waals surface area contributed by atoms with Crippen LogP contribution >= 0.6 is 0 Å². The van der Waals surface area contributed by atoms with Crippen molar-refractivity contribution in [2.45, 2.75) is 38.8 Å². The first-order valence-corrected chi connectivity index (χ1v) is 6.24. The van der Waals surface area contributed by atoms with Crippen LogP contribution < -0.4 is 5.32 Å². The summed E-state index contributed by atoms with van der Waals surface area (Å²) in [6, 6.07) is 6.05. The second kappa shape index (κ2) is 5.31. The predicted octanol–water partition coefficient (Wildman–Crippen LogP) is 3.27. The second-order valence-electron chi connectivity index (χ2n) is 4.83. The fraction of sp³-hybridized carbons (Fsp3) is 0.429. The number of hydrogen-bond donors (Lipinski definition) is 1. The Morgan fingerprint density at radius 1 is 1.39 bits per heavy atom. The predicted molar refractivity (Wildman–Crippen MR) is 71.5 cm³/mol. The van der Waals surface area contributed by atoms with Gasteiger partial charge in [-0.2, -0.15) is 0 Å². The average Bonchev–Trinajstić information content (AvgIpc) is 2.81. The van der Waals surface area contributed by atoms with Gasteiger partial charge in [-0.05, 0) is 32.3 Å². The van der Waals surface area contributed by atoms with Crippen molar-refractivity contribution in [1.29, 1.82) is 0 Å². The van der Waals surface area contributed by atoms with Gasteiger partial charge in [-0.1, -0.05) is 24.3 Å². The average molecular weight is 246 g/mol. The molecule has 4 nitrogen and oxygen atoms in total. The van der Waals surface area contributed by atoms with Gasteiger partial charge < -0.3 is 5.32 Å². The van der Waals surface area contributed by atoms with Crippen molar-refractivity contribution < 1.29 is 4.92 Å². The number of benzene rings is 1. The summed E-state index contributed by atoms with van der Waals surface area (Å²) < 4.78 is 0. The minimum absolute atomic E-state index is 0.134. The molecule has 1 unspecified atom stereocenters. The SMILES string of the molecule is Cc1ccc(C(C)NC2CC=CC2)cc1[N+](=O)[O-]. The Balaban J connectivity index is 2.12. The zero-order valence-corrected chi connectivity index (χ0v) is 10.7. The molecule has 1 aliphatic rings. The Hall–Kier alpha value is -1.68. The molecule has 1 atom stereocenters. The molecule has 0 saturated heterocycles. The summed E-state index contributed by atoms with van der Waals surface area (Å²) in [4.78, 5) is 10.6. The summed E-state index contributed by atoms with van der Waals surface area (Å²) in [5.74, 6) is 0. The molecular formula is C14H18N2O2. The van der Waals surface area contributed by atoms with Gasteiger partial charge in [0.2, 0.25) is 0 Å². The Morgan fingerprint density at radius 3 is 2.67 bits per heavy atom. The van der Waals surface area contributed by atoms with E-state index in [4.69, 9.17) is 0 Å². The summed E-state index contributed by atoms with van der Waals surface area (Å²) in [5, 5.41) is 14.4. The van der Waals surface area contributed by atoms with E-state index >= 15 is 0 Å². The summed E-state index contributed by atoms with van der Waals surface area (Å²) in [6.07, 6.45) is 6.42. The van der Waals surface area contributed by atoms with Crippen molar-refractivity contribution in [3.05, 3.63) is 51.6 Å². The standard InChI is InChI=1S/C14H18N2O2/c1-10-7-8-12(9-14(10)16(17)18)11(2)15-13-5-3-4-6-13/h3-4,7-9,11,13,15H,5-6H2,1-2H3. The molecule has 18 heavy (non-hydrogen) atoms. The first-order chi connectivity index (χ1) is 8.58. The number of nitrogens with zero attached hydrogens (tertiary/aromatic N) is 1. The molecule has 0 aliphatic heterocycles. The lowest BCUT2D eigenvalue weighted by atomic mass is 10.0. The fourth-order valence-electron chi connectivity index (χ4n) is 2.30. The Kier molecular flexibility index (Phi) is 3.77. The van der Waals surface area contributed by atoms with E-state index in [-0.39, 0.29) is 16.7 Å². The van der Waals surface area contributed by atoms with Crippen LogP contribution in [-0.4, -0.2) is 11.0 Å². The van der Waals surface area contributed by atoms with E-state index in [1.165, 1.54) is 0 Å².